The zero-order valence-electron chi connectivity index (χ0n) is 15.3. The van der Waals surface area contributed by atoms with Crippen LogP contribution in [0.1, 0.15) is 46.3 Å². The average molecular weight is 370 g/mol. The van der Waals surface area contributed by atoms with Gasteiger partial charge in [-0.3, -0.25) is 14.9 Å². The molecule has 0 unspecified atom stereocenters. The normalized spacial score (nSPS) is 13.7. The summed E-state index contributed by atoms with van der Waals surface area (Å²) < 4.78 is 5.93. The molecule has 0 heterocycles. The van der Waals surface area contributed by atoms with E-state index in [1.54, 1.807) is 32.0 Å². The number of carbonyl (C=O) groups excluding carboxylic acids is 1. The number of ether oxygens (including phenoxy) is 1. The monoisotopic (exact) mass is 370 g/mol. The lowest BCUT2D eigenvalue weighted by molar-refractivity contribution is -0.385. The van der Waals surface area contributed by atoms with Gasteiger partial charge in [0.2, 0.25) is 0 Å². The molecule has 2 N–H and O–H groups in total. The van der Waals surface area contributed by atoms with Crippen LogP contribution in [-0.4, -0.2) is 22.0 Å². The van der Waals surface area contributed by atoms with Crippen LogP contribution in [0, 0.1) is 24.0 Å². The molecule has 7 heteroatoms. The molecule has 0 radical (unpaired) electrons. The number of nitrogens with zero attached hydrogens (tertiary/aromatic N) is 1. The van der Waals surface area contributed by atoms with Crippen molar-refractivity contribution < 1.29 is 19.6 Å². The van der Waals surface area contributed by atoms with Crippen LogP contribution >= 0.6 is 0 Å². The highest BCUT2D eigenvalue weighted by Gasteiger charge is 2.22. The number of aliphatic hydroxyl groups is 1. The number of nitrogens with one attached hydrogen (secondary N) is 1. The van der Waals surface area contributed by atoms with Gasteiger partial charge in [-0.1, -0.05) is 6.07 Å². The lowest BCUT2D eigenvalue weighted by Gasteiger charge is -2.26. The summed E-state index contributed by atoms with van der Waals surface area (Å²) in [7, 11) is 0. The molecule has 1 aliphatic rings. The largest absolute Gasteiger partial charge is 0.457 e. The van der Waals surface area contributed by atoms with Crippen LogP contribution in [0.3, 0.4) is 0 Å². The minimum Gasteiger partial charge on any atom is -0.457 e. The van der Waals surface area contributed by atoms with Crippen molar-refractivity contribution in [3.63, 3.8) is 0 Å². The molecule has 0 bridgehead atoms. The second kappa shape index (κ2) is 7.75. The van der Waals surface area contributed by atoms with E-state index in [-0.39, 0.29) is 24.2 Å². The van der Waals surface area contributed by atoms with Gasteiger partial charge in [-0.2, -0.15) is 0 Å². The summed E-state index contributed by atoms with van der Waals surface area (Å²) in [5.74, 6) is 0.722. The summed E-state index contributed by atoms with van der Waals surface area (Å²) in [6.45, 7) is 3.23. The van der Waals surface area contributed by atoms with E-state index in [4.69, 9.17) is 4.74 Å². The number of rotatable bonds is 6. The van der Waals surface area contributed by atoms with Crippen molar-refractivity contribution >= 4 is 11.6 Å². The fourth-order valence-electron chi connectivity index (χ4n) is 3.10. The van der Waals surface area contributed by atoms with E-state index >= 15 is 0 Å². The Hall–Kier alpha value is -2.93. The van der Waals surface area contributed by atoms with E-state index < -0.39 is 4.92 Å². The number of hydrogen-bond donors (Lipinski definition) is 2. The minimum atomic E-state index is -0.442. The highest BCUT2D eigenvalue weighted by molar-refractivity contribution is 5.96. The maximum atomic E-state index is 12.5. The molecule has 27 heavy (non-hydrogen) atoms. The molecule has 2 aromatic carbocycles. The van der Waals surface area contributed by atoms with E-state index in [9.17, 15) is 20.0 Å². The molecule has 0 spiro atoms. The summed E-state index contributed by atoms with van der Waals surface area (Å²) >= 11 is 0. The van der Waals surface area contributed by atoms with Gasteiger partial charge in [0.1, 0.15) is 11.5 Å². The molecule has 2 aromatic rings. The summed E-state index contributed by atoms with van der Waals surface area (Å²) in [6.07, 6.45) is 3.05. The SMILES string of the molecule is Cc1cc([N+](=O)[O-])cc(C)c1Oc1ccc(CO)c(C(=O)NC2CCC2)c1. The number of nitro groups is 1. The predicted octanol–water partition coefficient (Wildman–Crippen LogP) is 3.78. The number of carbonyl (C=O) groups is 1. The van der Waals surface area contributed by atoms with Crippen molar-refractivity contribution in [3.8, 4) is 11.5 Å². The van der Waals surface area contributed by atoms with Crippen LogP contribution in [0.4, 0.5) is 5.69 Å². The van der Waals surface area contributed by atoms with Gasteiger partial charge in [-0.05, 0) is 61.9 Å². The number of aryl methyl sites for hydroxylation is 2. The van der Waals surface area contributed by atoms with Gasteiger partial charge in [-0.25, -0.2) is 0 Å². The fourth-order valence-corrected chi connectivity index (χ4v) is 3.10. The van der Waals surface area contributed by atoms with E-state index in [1.165, 1.54) is 12.1 Å². The van der Waals surface area contributed by atoms with Crippen molar-refractivity contribution in [3.05, 3.63) is 62.7 Å². The molecule has 1 fully saturated rings. The Morgan fingerprint density at radius 3 is 2.44 bits per heavy atom. The first-order valence-electron chi connectivity index (χ1n) is 8.87. The fraction of sp³-hybridized carbons (Fsp3) is 0.350. The van der Waals surface area contributed by atoms with Crippen LogP contribution in [0.15, 0.2) is 30.3 Å². The smallest absolute Gasteiger partial charge is 0.270 e. The lowest BCUT2D eigenvalue weighted by Crippen LogP contribution is -2.39. The number of benzene rings is 2. The molecule has 0 saturated heterocycles. The molecule has 0 aromatic heterocycles. The first-order chi connectivity index (χ1) is 12.9. The van der Waals surface area contributed by atoms with Crippen LogP contribution in [0.25, 0.3) is 0 Å². The standard InChI is InChI=1S/C20H22N2O5/c1-12-8-16(22(25)26)9-13(2)19(12)27-17-7-6-14(11-23)18(10-17)20(24)21-15-4-3-5-15/h6-10,15,23H,3-5,11H2,1-2H3,(H,21,24). The quantitative estimate of drug-likeness (QED) is 0.595. The van der Waals surface area contributed by atoms with Gasteiger partial charge in [0, 0.05) is 23.7 Å². The van der Waals surface area contributed by atoms with Crippen molar-refractivity contribution in [2.24, 2.45) is 0 Å². The summed E-state index contributed by atoms with van der Waals surface area (Å²) in [5.41, 5.74) is 2.17. The van der Waals surface area contributed by atoms with Gasteiger partial charge < -0.3 is 15.2 Å². The first kappa shape index (κ1) is 18.8. The van der Waals surface area contributed by atoms with Crippen molar-refractivity contribution in [1.82, 2.24) is 5.32 Å². The number of amides is 1. The highest BCUT2D eigenvalue weighted by Crippen LogP contribution is 2.33. The third-order valence-electron chi connectivity index (χ3n) is 4.81. The predicted molar refractivity (Wildman–Crippen MR) is 100 cm³/mol. The van der Waals surface area contributed by atoms with E-state index in [1.807, 2.05) is 0 Å². The van der Waals surface area contributed by atoms with Crippen LogP contribution in [-0.2, 0) is 6.61 Å². The Balaban J connectivity index is 1.88. The topological polar surface area (TPSA) is 102 Å². The average Bonchev–Trinajstić information content (AvgIpc) is 2.60. The van der Waals surface area contributed by atoms with Gasteiger partial charge in [0.15, 0.2) is 0 Å². The van der Waals surface area contributed by atoms with E-state index in [0.717, 1.165) is 19.3 Å². The molecule has 1 amide bonds. The third kappa shape index (κ3) is 4.09. The van der Waals surface area contributed by atoms with E-state index in [0.29, 0.717) is 33.8 Å². The van der Waals surface area contributed by atoms with Crippen LogP contribution < -0.4 is 10.1 Å². The molecule has 0 atom stereocenters. The second-order valence-corrected chi connectivity index (χ2v) is 6.85. The van der Waals surface area contributed by atoms with Gasteiger partial charge in [0.05, 0.1) is 11.5 Å². The van der Waals surface area contributed by atoms with Crippen molar-refractivity contribution in [2.45, 2.75) is 45.8 Å². The highest BCUT2D eigenvalue weighted by atomic mass is 16.6. The molecular weight excluding hydrogens is 348 g/mol. The number of aliphatic hydroxyl groups excluding tert-OH is 1. The molecule has 142 valence electrons. The Bertz CT molecular complexity index is 867. The number of non-ortho nitro benzene ring substituents is 1. The van der Waals surface area contributed by atoms with E-state index in [2.05, 4.69) is 5.32 Å². The molecule has 0 aliphatic heterocycles. The lowest BCUT2D eigenvalue weighted by atomic mass is 9.92. The first-order valence-corrected chi connectivity index (χ1v) is 8.87. The molecular formula is C20H22N2O5. The Morgan fingerprint density at radius 1 is 1.26 bits per heavy atom. The zero-order valence-corrected chi connectivity index (χ0v) is 15.3. The molecule has 1 saturated carbocycles. The summed E-state index contributed by atoms with van der Waals surface area (Å²) in [4.78, 5) is 23.1. The molecule has 1 aliphatic carbocycles. The van der Waals surface area contributed by atoms with Crippen LogP contribution in [0.2, 0.25) is 0 Å². The van der Waals surface area contributed by atoms with Crippen molar-refractivity contribution in [2.75, 3.05) is 0 Å². The molecule has 7 nitrogen and oxygen atoms in total. The van der Waals surface area contributed by atoms with Gasteiger partial charge >= 0.3 is 0 Å². The number of nitro benzene ring substituents is 1. The Morgan fingerprint density at radius 2 is 1.93 bits per heavy atom. The summed E-state index contributed by atoms with van der Waals surface area (Å²) in [5, 5.41) is 23.5. The van der Waals surface area contributed by atoms with Gasteiger partial charge in [-0.15, -0.1) is 0 Å². The Kier molecular flexibility index (Phi) is 5.41. The van der Waals surface area contributed by atoms with Gasteiger partial charge in [0.25, 0.3) is 11.6 Å². The maximum Gasteiger partial charge on any atom is 0.270 e. The number of hydrogen-bond acceptors (Lipinski definition) is 5. The molecule has 3 rings (SSSR count). The summed E-state index contributed by atoms with van der Waals surface area (Å²) in [6, 6.07) is 8.02. The second-order valence-electron chi connectivity index (χ2n) is 6.85. The minimum absolute atomic E-state index is 0.00791. The maximum absolute atomic E-state index is 12.5. The van der Waals surface area contributed by atoms with Crippen LogP contribution in [0.5, 0.6) is 11.5 Å². The van der Waals surface area contributed by atoms with Crippen molar-refractivity contribution in [1.29, 1.82) is 0 Å². The third-order valence-corrected chi connectivity index (χ3v) is 4.81. The Labute approximate surface area is 157 Å². The zero-order chi connectivity index (χ0) is 19.6.